The molecular formula is C26H17BrF3N3O7S. The van der Waals surface area contributed by atoms with E-state index in [1.165, 1.54) is 31.4 Å². The van der Waals surface area contributed by atoms with Gasteiger partial charge in [-0.1, -0.05) is 22.0 Å². The largest absolute Gasteiger partial charge is 0.493 e. The third-order valence-corrected chi connectivity index (χ3v) is 6.93. The van der Waals surface area contributed by atoms with E-state index < -0.39 is 51.7 Å². The Hall–Kier alpha value is -4.37. The molecule has 3 amide bonds. The van der Waals surface area contributed by atoms with Gasteiger partial charge in [0.25, 0.3) is 11.1 Å². The number of carbonyl (C=O) groups is 3. The summed E-state index contributed by atoms with van der Waals surface area (Å²) in [5.41, 5.74) is -1.25. The molecule has 1 fully saturated rings. The number of nitro benzene ring substituents is 1. The van der Waals surface area contributed by atoms with Crippen LogP contribution >= 0.6 is 27.7 Å². The van der Waals surface area contributed by atoms with Crippen molar-refractivity contribution in [3.63, 3.8) is 0 Å². The summed E-state index contributed by atoms with van der Waals surface area (Å²) in [7, 11) is 1.27. The van der Waals surface area contributed by atoms with E-state index in [-0.39, 0.29) is 16.4 Å². The van der Waals surface area contributed by atoms with Crippen molar-refractivity contribution in [1.82, 2.24) is 4.90 Å². The lowest BCUT2D eigenvalue weighted by atomic mass is 10.1. The Morgan fingerprint density at radius 2 is 1.76 bits per heavy atom. The minimum Gasteiger partial charge on any atom is -0.493 e. The molecule has 41 heavy (non-hydrogen) atoms. The lowest BCUT2D eigenvalue weighted by Crippen LogP contribution is -2.36. The molecule has 0 saturated carbocycles. The maximum atomic E-state index is 13.0. The first kappa shape index (κ1) is 29.6. The average Bonchev–Trinajstić information content (AvgIpc) is 3.17. The number of alkyl halides is 3. The molecule has 0 aromatic heterocycles. The molecule has 0 atom stereocenters. The molecule has 10 nitrogen and oxygen atoms in total. The number of thioether (sulfide) groups is 1. The van der Waals surface area contributed by atoms with Gasteiger partial charge in [-0.05, 0) is 71.9 Å². The lowest BCUT2D eigenvalue weighted by Gasteiger charge is -2.13. The SMILES string of the molecule is COc1cc(/C=C2/SC(=O)N(CC(=O)Nc3ccc(Br)cc3)C2=O)ccc1Oc1ccc(C(F)(F)F)cc1[N+](=O)[O-]. The fourth-order valence-corrected chi connectivity index (χ4v) is 4.67. The number of hydrogen-bond donors (Lipinski definition) is 1. The number of nitrogens with one attached hydrogen (secondary N) is 1. The quantitative estimate of drug-likeness (QED) is 0.159. The standard InChI is InChI=1S/C26H17BrF3N3O7S/c1-39-21-10-14(2-8-20(21)40-19-9-3-15(26(28,29)30)12-18(19)33(37)38)11-22-24(35)32(25(36)41-22)13-23(34)31-17-6-4-16(27)5-7-17/h2-12H,13H2,1H3,(H,31,34)/b22-11+. The Labute approximate surface area is 242 Å². The molecule has 1 saturated heterocycles. The fourth-order valence-electron chi connectivity index (χ4n) is 3.56. The van der Waals surface area contributed by atoms with Crippen LogP contribution < -0.4 is 14.8 Å². The van der Waals surface area contributed by atoms with Gasteiger partial charge in [0.05, 0.1) is 22.5 Å². The van der Waals surface area contributed by atoms with E-state index in [1.54, 1.807) is 24.3 Å². The van der Waals surface area contributed by atoms with E-state index in [2.05, 4.69) is 21.2 Å². The molecule has 0 bridgehead atoms. The number of hydrogen-bond acceptors (Lipinski definition) is 8. The Morgan fingerprint density at radius 3 is 2.39 bits per heavy atom. The van der Waals surface area contributed by atoms with Gasteiger partial charge >= 0.3 is 11.9 Å². The number of methoxy groups -OCH3 is 1. The highest BCUT2D eigenvalue weighted by molar-refractivity contribution is 9.10. The number of benzene rings is 3. The van der Waals surface area contributed by atoms with Crippen molar-refractivity contribution in [2.24, 2.45) is 0 Å². The summed E-state index contributed by atoms with van der Waals surface area (Å²) in [5.74, 6) is -1.72. The number of nitrogens with zero attached hydrogens (tertiary/aromatic N) is 2. The first-order valence-corrected chi connectivity index (χ1v) is 13.0. The normalized spacial score (nSPS) is 14.4. The maximum absolute atomic E-state index is 13.0. The van der Waals surface area contributed by atoms with Crippen LogP contribution in [0.5, 0.6) is 17.2 Å². The summed E-state index contributed by atoms with van der Waals surface area (Å²) < 4.78 is 50.6. The second-order valence-corrected chi connectivity index (χ2v) is 10.2. The van der Waals surface area contributed by atoms with Gasteiger partial charge in [-0.3, -0.25) is 29.4 Å². The van der Waals surface area contributed by atoms with Crippen molar-refractivity contribution in [1.29, 1.82) is 0 Å². The minimum atomic E-state index is -4.79. The van der Waals surface area contributed by atoms with Crippen molar-refractivity contribution in [2.75, 3.05) is 19.0 Å². The van der Waals surface area contributed by atoms with Crippen molar-refractivity contribution >= 4 is 62.2 Å². The van der Waals surface area contributed by atoms with Crippen LogP contribution in [0.25, 0.3) is 6.08 Å². The topological polar surface area (TPSA) is 128 Å². The zero-order valence-electron chi connectivity index (χ0n) is 20.7. The Balaban J connectivity index is 1.51. The van der Waals surface area contributed by atoms with Crippen LogP contribution in [0.2, 0.25) is 0 Å². The second-order valence-electron chi connectivity index (χ2n) is 8.27. The highest BCUT2D eigenvalue weighted by Gasteiger charge is 2.36. The number of nitro groups is 1. The zero-order valence-corrected chi connectivity index (χ0v) is 23.1. The Bertz CT molecular complexity index is 1580. The van der Waals surface area contributed by atoms with Crippen LogP contribution in [0, 0.1) is 10.1 Å². The molecule has 0 aliphatic carbocycles. The first-order valence-electron chi connectivity index (χ1n) is 11.4. The molecule has 212 valence electrons. The molecule has 1 N–H and O–H groups in total. The van der Waals surface area contributed by atoms with E-state index in [0.717, 1.165) is 15.4 Å². The second kappa shape index (κ2) is 12.0. The molecule has 3 aromatic carbocycles. The Morgan fingerprint density at radius 1 is 1.07 bits per heavy atom. The average molecular weight is 652 g/mol. The van der Waals surface area contributed by atoms with Gasteiger partial charge in [0, 0.05) is 16.2 Å². The molecule has 15 heteroatoms. The molecule has 4 rings (SSSR count). The van der Waals surface area contributed by atoms with Gasteiger partial charge < -0.3 is 14.8 Å². The van der Waals surface area contributed by atoms with E-state index in [1.807, 2.05) is 0 Å². The van der Waals surface area contributed by atoms with Gasteiger partial charge in [-0.15, -0.1) is 0 Å². The molecule has 3 aromatic rings. The third kappa shape index (κ3) is 7.05. The Kier molecular flexibility index (Phi) is 8.68. The van der Waals surface area contributed by atoms with Crippen molar-refractivity contribution < 1.29 is 42.0 Å². The highest BCUT2D eigenvalue weighted by atomic mass is 79.9. The number of imide groups is 1. The zero-order chi connectivity index (χ0) is 29.9. The van der Waals surface area contributed by atoms with Gasteiger partial charge in [0.15, 0.2) is 11.5 Å². The number of amides is 3. The van der Waals surface area contributed by atoms with E-state index >= 15 is 0 Å². The van der Waals surface area contributed by atoms with E-state index in [4.69, 9.17) is 9.47 Å². The number of carbonyl (C=O) groups excluding carboxylic acids is 3. The number of halogens is 4. The number of rotatable bonds is 8. The van der Waals surface area contributed by atoms with Crippen LogP contribution in [0.3, 0.4) is 0 Å². The van der Waals surface area contributed by atoms with Gasteiger partial charge in [0.2, 0.25) is 11.7 Å². The predicted molar refractivity (Wildman–Crippen MR) is 147 cm³/mol. The summed E-state index contributed by atoms with van der Waals surface area (Å²) in [6.45, 7) is -0.500. The smallest absolute Gasteiger partial charge is 0.416 e. The van der Waals surface area contributed by atoms with Crippen molar-refractivity contribution in [3.05, 3.63) is 91.3 Å². The fraction of sp³-hybridized carbons (Fsp3) is 0.115. The third-order valence-electron chi connectivity index (χ3n) is 5.49. The van der Waals surface area contributed by atoms with Crippen LogP contribution in [-0.4, -0.2) is 40.5 Å². The summed E-state index contributed by atoms with van der Waals surface area (Å²) in [4.78, 5) is 48.9. The predicted octanol–water partition coefficient (Wildman–Crippen LogP) is 6.85. The first-order chi connectivity index (χ1) is 19.3. The van der Waals surface area contributed by atoms with Crippen LogP contribution in [-0.2, 0) is 15.8 Å². The molecule has 0 spiro atoms. The molecular weight excluding hydrogens is 635 g/mol. The van der Waals surface area contributed by atoms with Crippen LogP contribution in [0.4, 0.5) is 29.3 Å². The van der Waals surface area contributed by atoms with Gasteiger partial charge in [-0.2, -0.15) is 13.2 Å². The summed E-state index contributed by atoms with van der Waals surface area (Å²) in [6, 6.07) is 12.8. The molecule has 1 aliphatic heterocycles. The lowest BCUT2D eigenvalue weighted by molar-refractivity contribution is -0.385. The van der Waals surface area contributed by atoms with Gasteiger partial charge in [-0.25, -0.2) is 0 Å². The summed E-state index contributed by atoms with van der Waals surface area (Å²) in [6.07, 6.45) is -3.41. The van der Waals surface area contributed by atoms with Crippen LogP contribution in [0.1, 0.15) is 11.1 Å². The van der Waals surface area contributed by atoms with E-state index in [9.17, 15) is 37.7 Å². The van der Waals surface area contributed by atoms with E-state index in [0.29, 0.717) is 35.1 Å². The van der Waals surface area contributed by atoms with Gasteiger partial charge in [0.1, 0.15) is 6.54 Å². The van der Waals surface area contributed by atoms with Crippen molar-refractivity contribution in [3.8, 4) is 17.2 Å². The number of ether oxygens (including phenoxy) is 2. The highest BCUT2D eigenvalue weighted by Crippen LogP contribution is 2.41. The molecule has 1 heterocycles. The van der Waals surface area contributed by atoms with Crippen LogP contribution in [0.15, 0.2) is 70.0 Å². The molecule has 1 aliphatic rings. The molecule has 0 radical (unpaired) electrons. The summed E-state index contributed by atoms with van der Waals surface area (Å²) in [5, 5.41) is 13.3. The molecule has 0 unspecified atom stereocenters. The monoisotopic (exact) mass is 651 g/mol. The maximum Gasteiger partial charge on any atom is 0.416 e. The minimum absolute atomic E-state index is 0.0283. The van der Waals surface area contributed by atoms with Crippen molar-refractivity contribution in [2.45, 2.75) is 6.18 Å². The summed E-state index contributed by atoms with van der Waals surface area (Å²) >= 11 is 3.91. The number of anilines is 1.